The molecule has 4 rings (SSSR count). The van der Waals surface area contributed by atoms with Crippen LogP contribution in [0, 0.1) is 13.8 Å². The van der Waals surface area contributed by atoms with E-state index in [1.807, 2.05) is 26.0 Å². The molecule has 0 saturated carbocycles. The molecule has 0 unspecified atom stereocenters. The molecule has 6 nitrogen and oxygen atoms in total. The van der Waals surface area contributed by atoms with Crippen LogP contribution < -0.4 is 4.74 Å². The van der Waals surface area contributed by atoms with Crippen molar-refractivity contribution >= 4 is 22.1 Å². The molecule has 0 bridgehead atoms. The van der Waals surface area contributed by atoms with Gasteiger partial charge in [-0.1, -0.05) is 48.0 Å². The molecule has 0 radical (unpaired) electrons. The van der Waals surface area contributed by atoms with Gasteiger partial charge in [-0.2, -0.15) is 4.31 Å². The van der Waals surface area contributed by atoms with Crippen LogP contribution in [0.4, 0.5) is 0 Å². The second kappa shape index (κ2) is 10.3. The van der Waals surface area contributed by atoms with E-state index in [4.69, 9.17) is 9.47 Å². The van der Waals surface area contributed by atoms with Crippen molar-refractivity contribution in [1.82, 2.24) is 4.31 Å². The first-order valence-corrected chi connectivity index (χ1v) is 12.5. The summed E-state index contributed by atoms with van der Waals surface area (Å²) in [6.07, 6.45) is 2.93. The number of hydrogen-bond donors (Lipinski definition) is 0. The number of hydrogen-bond acceptors (Lipinski definition) is 5. The molecular formula is C27H27NO5S. The van der Waals surface area contributed by atoms with Gasteiger partial charge in [0.05, 0.1) is 18.1 Å². The Morgan fingerprint density at radius 2 is 1.56 bits per heavy atom. The van der Waals surface area contributed by atoms with Crippen molar-refractivity contribution in [1.29, 1.82) is 0 Å². The van der Waals surface area contributed by atoms with E-state index in [1.165, 1.54) is 15.9 Å². The molecule has 176 valence electrons. The van der Waals surface area contributed by atoms with E-state index in [9.17, 15) is 13.2 Å². The summed E-state index contributed by atoms with van der Waals surface area (Å²) in [4.78, 5) is 12.6. The van der Waals surface area contributed by atoms with E-state index in [0.717, 1.165) is 16.7 Å². The number of morpholine rings is 1. The van der Waals surface area contributed by atoms with Crippen LogP contribution in [-0.4, -0.2) is 45.0 Å². The van der Waals surface area contributed by atoms with Crippen molar-refractivity contribution in [2.75, 3.05) is 26.3 Å². The smallest absolute Gasteiger partial charge is 0.336 e. The molecule has 1 aliphatic heterocycles. The fourth-order valence-corrected chi connectivity index (χ4v) is 5.09. The molecule has 0 atom stereocenters. The monoisotopic (exact) mass is 477 g/mol. The number of ether oxygens (including phenoxy) is 2. The molecule has 1 aliphatic rings. The van der Waals surface area contributed by atoms with Gasteiger partial charge in [0, 0.05) is 19.2 Å². The largest absolute Gasteiger partial charge is 0.423 e. The maximum atomic E-state index is 12.7. The van der Waals surface area contributed by atoms with Crippen molar-refractivity contribution in [3.63, 3.8) is 0 Å². The summed E-state index contributed by atoms with van der Waals surface area (Å²) in [5.41, 5.74) is 4.92. The number of carbonyl (C=O) groups excluding carboxylic acids is 1. The molecule has 1 heterocycles. The van der Waals surface area contributed by atoms with Crippen LogP contribution in [0.2, 0.25) is 0 Å². The molecule has 7 heteroatoms. The lowest BCUT2D eigenvalue weighted by molar-refractivity contribution is -0.128. The fourth-order valence-electron chi connectivity index (χ4n) is 3.68. The lowest BCUT2D eigenvalue weighted by Crippen LogP contribution is -2.40. The molecule has 0 N–H and O–H groups in total. The first kappa shape index (κ1) is 23.9. The zero-order valence-corrected chi connectivity index (χ0v) is 20.0. The van der Waals surface area contributed by atoms with Crippen molar-refractivity contribution in [3.8, 4) is 16.9 Å². The molecule has 1 saturated heterocycles. The van der Waals surface area contributed by atoms with E-state index >= 15 is 0 Å². The molecule has 3 aromatic carbocycles. The number of rotatable bonds is 6. The first-order valence-electron chi connectivity index (χ1n) is 11.1. The predicted molar refractivity (Wildman–Crippen MR) is 132 cm³/mol. The van der Waals surface area contributed by atoms with Crippen LogP contribution >= 0.6 is 0 Å². The molecule has 1 fully saturated rings. The Morgan fingerprint density at radius 3 is 2.21 bits per heavy atom. The third kappa shape index (κ3) is 5.62. The SMILES string of the molecule is Cc1ccc(-c2ccc(OC(=O)/C=C/c3ccc(S(=O)(=O)N4CCOCC4)cc3)c(C)c2)cc1. The highest BCUT2D eigenvalue weighted by Gasteiger charge is 2.25. The zero-order chi connectivity index (χ0) is 24.1. The van der Waals surface area contributed by atoms with Crippen LogP contribution in [0.3, 0.4) is 0 Å². The molecule has 34 heavy (non-hydrogen) atoms. The number of carbonyl (C=O) groups is 1. The Hall–Kier alpha value is -3.26. The lowest BCUT2D eigenvalue weighted by atomic mass is 10.0. The molecule has 3 aromatic rings. The molecule has 0 aromatic heterocycles. The highest BCUT2D eigenvalue weighted by Crippen LogP contribution is 2.27. The van der Waals surface area contributed by atoms with Gasteiger partial charge in [-0.05, 0) is 66.4 Å². The van der Waals surface area contributed by atoms with Crippen LogP contribution in [0.15, 0.2) is 77.7 Å². The third-order valence-corrected chi connectivity index (χ3v) is 7.58. The predicted octanol–water partition coefficient (Wildman–Crippen LogP) is 4.61. The molecule has 0 amide bonds. The topological polar surface area (TPSA) is 72.9 Å². The standard InChI is InChI=1S/C27H27NO5S/c1-20-3-8-23(9-4-20)24-10-13-26(21(2)19-24)33-27(29)14-7-22-5-11-25(12-6-22)34(30,31)28-15-17-32-18-16-28/h3-14,19H,15-18H2,1-2H3/b14-7+. The maximum Gasteiger partial charge on any atom is 0.336 e. The fraction of sp³-hybridized carbons (Fsp3) is 0.222. The van der Waals surface area contributed by atoms with Gasteiger partial charge in [0.1, 0.15) is 5.75 Å². The minimum absolute atomic E-state index is 0.221. The highest BCUT2D eigenvalue weighted by atomic mass is 32.2. The minimum Gasteiger partial charge on any atom is -0.423 e. The quantitative estimate of drug-likeness (QED) is 0.295. The van der Waals surface area contributed by atoms with E-state index in [0.29, 0.717) is 37.6 Å². The summed E-state index contributed by atoms with van der Waals surface area (Å²) in [6, 6.07) is 20.4. The van der Waals surface area contributed by atoms with Crippen molar-refractivity contribution in [3.05, 3.63) is 89.5 Å². The molecule has 0 aliphatic carbocycles. The van der Waals surface area contributed by atoms with Crippen molar-refractivity contribution in [2.45, 2.75) is 18.7 Å². The van der Waals surface area contributed by atoms with Crippen LogP contribution in [0.25, 0.3) is 17.2 Å². The average molecular weight is 478 g/mol. The lowest BCUT2D eigenvalue weighted by Gasteiger charge is -2.26. The summed E-state index contributed by atoms with van der Waals surface area (Å²) < 4.78 is 37.6. The third-order valence-electron chi connectivity index (χ3n) is 5.67. The van der Waals surface area contributed by atoms with E-state index < -0.39 is 16.0 Å². The van der Waals surface area contributed by atoms with Crippen LogP contribution in [0.5, 0.6) is 5.75 Å². The zero-order valence-electron chi connectivity index (χ0n) is 19.2. The average Bonchev–Trinajstić information content (AvgIpc) is 2.85. The van der Waals surface area contributed by atoms with Gasteiger partial charge in [-0.15, -0.1) is 0 Å². The maximum absolute atomic E-state index is 12.7. The highest BCUT2D eigenvalue weighted by molar-refractivity contribution is 7.89. The number of nitrogens with zero attached hydrogens (tertiary/aromatic N) is 1. The Morgan fingerprint density at radius 1 is 0.912 bits per heavy atom. The summed E-state index contributed by atoms with van der Waals surface area (Å²) >= 11 is 0. The van der Waals surface area contributed by atoms with Crippen molar-refractivity contribution < 1.29 is 22.7 Å². The number of benzene rings is 3. The van der Waals surface area contributed by atoms with Crippen LogP contribution in [0.1, 0.15) is 16.7 Å². The Bertz CT molecular complexity index is 1290. The van der Waals surface area contributed by atoms with Gasteiger partial charge < -0.3 is 9.47 Å². The second-order valence-corrected chi connectivity index (χ2v) is 10.1. The van der Waals surface area contributed by atoms with Gasteiger partial charge >= 0.3 is 5.97 Å². The summed E-state index contributed by atoms with van der Waals surface area (Å²) in [6.45, 7) is 5.44. The Kier molecular flexibility index (Phi) is 7.26. The Labute approximate surface area is 200 Å². The van der Waals surface area contributed by atoms with Crippen LogP contribution in [-0.2, 0) is 19.6 Å². The second-order valence-electron chi connectivity index (χ2n) is 8.19. The summed E-state index contributed by atoms with van der Waals surface area (Å²) in [5, 5.41) is 0. The minimum atomic E-state index is -3.54. The van der Waals surface area contributed by atoms with Gasteiger partial charge in [-0.25, -0.2) is 13.2 Å². The first-order chi connectivity index (χ1) is 16.3. The molecule has 0 spiro atoms. The summed E-state index contributed by atoms with van der Waals surface area (Å²) in [7, 11) is -3.54. The Balaban J connectivity index is 1.39. The number of sulfonamides is 1. The van der Waals surface area contributed by atoms with E-state index in [-0.39, 0.29) is 4.90 Å². The van der Waals surface area contributed by atoms with E-state index in [1.54, 1.807) is 36.4 Å². The van der Waals surface area contributed by atoms with Gasteiger partial charge in [0.25, 0.3) is 0 Å². The van der Waals surface area contributed by atoms with E-state index in [2.05, 4.69) is 24.3 Å². The van der Waals surface area contributed by atoms with Crippen molar-refractivity contribution in [2.24, 2.45) is 0 Å². The number of esters is 1. The van der Waals surface area contributed by atoms with Gasteiger partial charge in [-0.3, -0.25) is 0 Å². The van der Waals surface area contributed by atoms with Gasteiger partial charge in [0.15, 0.2) is 0 Å². The van der Waals surface area contributed by atoms with Gasteiger partial charge in [0.2, 0.25) is 10.0 Å². The normalized spacial score (nSPS) is 14.9. The molecular weight excluding hydrogens is 450 g/mol. The number of aryl methyl sites for hydroxylation is 2. The summed E-state index contributed by atoms with van der Waals surface area (Å²) in [5.74, 6) is -0.00587.